The van der Waals surface area contributed by atoms with E-state index in [1.54, 1.807) is 12.4 Å². The number of hydrogen-bond acceptors (Lipinski definition) is 3. The second kappa shape index (κ2) is 6.77. The number of nitrogen functional groups attached to an aromatic ring is 1. The van der Waals surface area contributed by atoms with Crippen LogP contribution in [-0.2, 0) is 17.6 Å². The van der Waals surface area contributed by atoms with Crippen LogP contribution in [0.15, 0.2) is 48.8 Å². The van der Waals surface area contributed by atoms with E-state index in [0.29, 0.717) is 6.61 Å². The van der Waals surface area contributed by atoms with Crippen molar-refractivity contribution in [3.05, 3.63) is 59.9 Å². The first-order valence-corrected chi connectivity index (χ1v) is 6.16. The molecule has 0 radical (unpaired) electrons. The standard InChI is InChI=1S/C15H18N2O/c16-15-4-2-1-3-14(15)8-12-18-11-7-13-5-9-17-10-6-13/h1-6,9-10H,7-8,11-12,16H2. The number of aromatic nitrogens is 1. The summed E-state index contributed by atoms with van der Waals surface area (Å²) in [4.78, 5) is 3.98. The number of hydrogen-bond donors (Lipinski definition) is 1. The second-order valence-corrected chi connectivity index (χ2v) is 4.17. The van der Waals surface area contributed by atoms with Crippen LogP contribution in [0.3, 0.4) is 0 Å². The first-order valence-electron chi connectivity index (χ1n) is 6.16. The monoisotopic (exact) mass is 242 g/mol. The zero-order valence-corrected chi connectivity index (χ0v) is 10.4. The van der Waals surface area contributed by atoms with Gasteiger partial charge in [0.1, 0.15) is 0 Å². The van der Waals surface area contributed by atoms with Crippen molar-refractivity contribution >= 4 is 5.69 Å². The van der Waals surface area contributed by atoms with Crippen molar-refractivity contribution in [2.75, 3.05) is 18.9 Å². The molecule has 18 heavy (non-hydrogen) atoms. The van der Waals surface area contributed by atoms with Crippen LogP contribution < -0.4 is 5.73 Å². The van der Waals surface area contributed by atoms with Crippen molar-refractivity contribution in [2.45, 2.75) is 12.8 Å². The summed E-state index contributed by atoms with van der Waals surface area (Å²) >= 11 is 0. The molecule has 0 unspecified atom stereocenters. The van der Waals surface area contributed by atoms with Crippen LogP contribution in [0, 0.1) is 0 Å². The molecule has 1 aromatic heterocycles. The van der Waals surface area contributed by atoms with Crippen molar-refractivity contribution in [2.24, 2.45) is 0 Å². The number of ether oxygens (including phenoxy) is 1. The fourth-order valence-electron chi connectivity index (χ4n) is 1.79. The van der Waals surface area contributed by atoms with E-state index < -0.39 is 0 Å². The van der Waals surface area contributed by atoms with Gasteiger partial charge in [-0.2, -0.15) is 0 Å². The summed E-state index contributed by atoms with van der Waals surface area (Å²) in [6.07, 6.45) is 5.40. The molecule has 0 aliphatic rings. The Hall–Kier alpha value is -1.87. The Morgan fingerprint density at radius 1 is 0.944 bits per heavy atom. The number of anilines is 1. The fourth-order valence-corrected chi connectivity index (χ4v) is 1.79. The third-order valence-electron chi connectivity index (χ3n) is 2.86. The Labute approximate surface area is 108 Å². The highest BCUT2D eigenvalue weighted by Crippen LogP contribution is 2.10. The Morgan fingerprint density at radius 2 is 1.67 bits per heavy atom. The molecule has 3 nitrogen and oxygen atoms in total. The van der Waals surface area contributed by atoms with Gasteiger partial charge in [-0.1, -0.05) is 18.2 Å². The summed E-state index contributed by atoms with van der Waals surface area (Å²) < 4.78 is 5.62. The average Bonchev–Trinajstić information content (AvgIpc) is 2.42. The third-order valence-corrected chi connectivity index (χ3v) is 2.86. The van der Waals surface area contributed by atoms with Gasteiger partial charge in [0, 0.05) is 18.1 Å². The van der Waals surface area contributed by atoms with Gasteiger partial charge in [0.25, 0.3) is 0 Å². The first-order chi connectivity index (χ1) is 8.86. The lowest BCUT2D eigenvalue weighted by molar-refractivity contribution is 0.140. The smallest absolute Gasteiger partial charge is 0.0507 e. The van der Waals surface area contributed by atoms with Gasteiger partial charge >= 0.3 is 0 Å². The quantitative estimate of drug-likeness (QED) is 0.625. The molecule has 0 atom stereocenters. The van der Waals surface area contributed by atoms with Gasteiger partial charge in [0.05, 0.1) is 13.2 Å². The van der Waals surface area contributed by atoms with Crippen LogP contribution in [0.1, 0.15) is 11.1 Å². The first kappa shape index (κ1) is 12.6. The van der Waals surface area contributed by atoms with Gasteiger partial charge < -0.3 is 10.5 Å². The van der Waals surface area contributed by atoms with Gasteiger partial charge in [0.15, 0.2) is 0 Å². The van der Waals surface area contributed by atoms with E-state index in [-0.39, 0.29) is 0 Å². The number of benzene rings is 1. The van der Waals surface area contributed by atoms with Crippen LogP contribution in [0.25, 0.3) is 0 Å². The van der Waals surface area contributed by atoms with E-state index in [4.69, 9.17) is 10.5 Å². The normalized spacial score (nSPS) is 10.4. The summed E-state index contributed by atoms with van der Waals surface area (Å²) in [6.45, 7) is 1.44. The number of nitrogens with zero attached hydrogens (tertiary/aromatic N) is 1. The number of nitrogens with two attached hydrogens (primary N) is 1. The Bertz CT molecular complexity index is 471. The zero-order chi connectivity index (χ0) is 12.6. The lowest BCUT2D eigenvalue weighted by atomic mass is 10.1. The lowest BCUT2D eigenvalue weighted by Crippen LogP contribution is -2.04. The molecular formula is C15H18N2O. The Kier molecular flexibility index (Phi) is 4.73. The van der Waals surface area contributed by atoms with Crippen molar-refractivity contribution in [3.8, 4) is 0 Å². The molecular weight excluding hydrogens is 224 g/mol. The minimum atomic E-state index is 0.708. The molecule has 0 amide bonds. The third kappa shape index (κ3) is 3.86. The molecule has 0 saturated carbocycles. The van der Waals surface area contributed by atoms with Gasteiger partial charge in [-0.05, 0) is 42.2 Å². The topological polar surface area (TPSA) is 48.1 Å². The van der Waals surface area contributed by atoms with Gasteiger partial charge in [0.2, 0.25) is 0 Å². The number of rotatable bonds is 6. The summed E-state index contributed by atoms with van der Waals surface area (Å²) in [7, 11) is 0. The number of para-hydroxylation sites is 1. The maximum Gasteiger partial charge on any atom is 0.0507 e. The molecule has 2 aromatic rings. The molecule has 0 spiro atoms. The fraction of sp³-hybridized carbons (Fsp3) is 0.267. The van der Waals surface area contributed by atoms with Gasteiger partial charge in [-0.25, -0.2) is 0 Å². The van der Waals surface area contributed by atoms with Gasteiger partial charge in [-0.3, -0.25) is 4.98 Å². The minimum absolute atomic E-state index is 0.708. The molecule has 0 aliphatic heterocycles. The lowest BCUT2D eigenvalue weighted by Gasteiger charge is -2.06. The second-order valence-electron chi connectivity index (χ2n) is 4.17. The molecule has 1 aromatic carbocycles. The predicted octanol–water partition coefficient (Wildman–Crippen LogP) is 2.47. The van der Waals surface area contributed by atoms with Crippen LogP contribution in [0.5, 0.6) is 0 Å². The molecule has 0 saturated heterocycles. The van der Waals surface area contributed by atoms with Crippen LogP contribution in [0.4, 0.5) is 5.69 Å². The van der Waals surface area contributed by atoms with E-state index in [2.05, 4.69) is 4.98 Å². The summed E-state index contributed by atoms with van der Waals surface area (Å²) in [5, 5.41) is 0. The highest BCUT2D eigenvalue weighted by Gasteiger charge is 1.98. The highest BCUT2D eigenvalue weighted by atomic mass is 16.5. The predicted molar refractivity (Wildman–Crippen MR) is 73.3 cm³/mol. The largest absolute Gasteiger partial charge is 0.399 e. The van der Waals surface area contributed by atoms with Crippen molar-refractivity contribution in [1.29, 1.82) is 0 Å². The summed E-state index contributed by atoms with van der Waals surface area (Å²) in [5.41, 5.74) is 9.11. The van der Waals surface area contributed by atoms with E-state index in [1.165, 1.54) is 5.56 Å². The molecule has 0 bridgehead atoms. The molecule has 0 aliphatic carbocycles. The van der Waals surface area contributed by atoms with E-state index in [1.807, 2.05) is 36.4 Å². The summed E-state index contributed by atoms with van der Waals surface area (Å²) in [6, 6.07) is 11.9. The molecule has 2 rings (SSSR count). The van der Waals surface area contributed by atoms with Crippen LogP contribution >= 0.6 is 0 Å². The maximum absolute atomic E-state index is 5.86. The Morgan fingerprint density at radius 3 is 2.44 bits per heavy atom. The van der Waals surface area contributed by atoms with Gasteiger partial charge in [-0.15, -0.1) is 0 Å². The minimum Gasteiger partial charge on any atom is -0.399 e. The van der Waals surface area contributed by atoms with E-state index in [9.17, 15) is 0 Å². The molecule has 1 heterocycles. The molecule has 0 fully saturated rings. The molecule has 3 heteroatoms. The van der Waals surface area contributed by atoms with E-state index in [0.717, 1.165) is 30.7 Å². The SMILES string of the molecule is Nc1ccccc1CCOCCc1ccncc1. The molecule has 94 valence electrons. The van der Waals surface area contributed by atoms with Crippen LogP contribution in [0.2, 0.25) is 0 Å². The average molecular weight is 242 g/mol. The van der Waals surface area contributed by atoms with E-state index >= 15 is 0 Å². The summed E-state index contributed by atoms with van der Waals surface area (Å²) in [5.74, 6) is 0. The molecule has 2 N–H and O–H groups in total. The van der Waals surface area contributed by atoms with Crippen LogP contribution in [-0.4, -0.2) is 18.2 Å². The van der Waals surface area contributed by atoms with Crippen molar-refractivity contribution in [1.82, 2.24) is 4.98 Å². The van der Waals surface area contributed by atoms with Crippen molar-refractivity contribution in [3.63, 3.8) is 0 Å². The highest BCUT2D eigenvalue weighted by molar-refractivity contribution is 5.46. The zero-order valence-electron chi connectivity index (χ0n) is 10.4. The Balaban J connectivity index is 1.66. The van der Waals surface area contributed by atoms with Crippen molar-refractivity contribution < 1.29 is 4.74 Å². The number of pyridine rings is 1. The maximum atomic E-state index is 5.86.